The fourth-order valence-corrected chi connectivity index (χ4v) is 1.87. The Kier molecular flexibility index (Phi) is 1.77. The van der Waals surface area contributed by atoms with Gasteiger partial charge < -0.3 is 5.73 Å². The summed E-state index contributed by atoms with van der Waals surface area (Å²) >= 11 is 5.75. The van der Waals surface area contributed by atoms with Gasteiger partial charge in [-0.3, -0.25) is 4.79 Å². The summed E-state index contributed by atoms with van der Waals surface area (Å²) in [7, 11) is 0. The van der Waals surface area contributed by atoms with Gasteiger partial charge in [-0.2, -0.15) is 0 Å². The maximum Gasteiger partial charge on any atom is 0.165 e. The van der Waals surface area contributed by atoms with Crippen molar-refractivity contribution in [3.8, 4) is 0 Å². The molecule has 0 fully saturated rings. The summed E-state index contributed by atoms with van der Waals surface area (Å²) in [4.78, 5) is 11.3. The fraction of sp³-hybridized carbons (Fsp3) is 0.222. The number of aryl methyl sites for hydroxylation is 1. The summed E-state index contributed by atoms with van der Waals surface area (Å²) < 4.78 is 13.0. The van der Waals surface area contributed by atoms with E-state index >= 15 is 0 Å². The van der Waals surface area contributed by atoms with Gasteiger partial charge in [0.2, 0.25) is 0 Å². The van der Waals surface area contributed by atoms with Crippen LogP contribution in [0.3, 0.4) is 0 Å². The molecule has 13 heavy (non-hydrogen) atoms. The average molecular weight is 200 g/mol. The molecule has 0 amide bonds. The van der Waals surface area contributed by atoms with Crippen molar-refractivity contribution >= 4 is 23.1 Å². The topological polar surface area (TPSA) is 43.1 Å². The minimum Gasteiger partial charge on any atom is -0.395 e. The van der Waals surface area contributed by atoms with Crippen LogP contribution in [0.4, 0.5) is 10.1 Å². The Morgan fingerprint density at radius 2 is 2.15 bits per heavy atom. The highest BCUT2D eigenvalue weighted by molar-refractivity contribution is 6.36. The van der Waals surface area contributed by atoms with Crippen molar-refractivity contribution in [1.82, 2.24) is 0 Å². The third-order valence-corrected chi connectivity index (χ3v) is 2.63. The molecule has 0 aliphatic heterocycles. The number of nitrogen functional groups attached to an aromatic ring is 1. The lowest BCUT2D eigenvalue weighted by Gasteiger charge is -2.05. The van der Waals surface area contributed by atoms with E-state index in [9.17, 15) is 9.18 Å². The summed E-state index contributed by atoms with van der Waals surface area (Å²) in [5.74, 6) is -0.592. The van der Waals surface area contributed by atoms with Crippen LogP contribution < -0.4 is 5.73 Å². The van der Waals surface area contributed by atoms with Gasteiger partial charge in [-0.15, -0.1) is 0 Å². The summed E-state index contributed by atoms with van der Waals surface area (Å²) in [6.07, 6.45) is 0.961. The molecule has 68 valence electrons. The first-order chi connectivity index (χ1) is 6.11. The number of rotatable bonds is 0. The number of Topliss-reactive ketones (excluding diaryl/α,β-unsaturated/α-hetero) is 1. The first-order valence-corrected chi connectivity index (χ1v) is 4.28. The van der Waals surface area contributed by atoms with E-state index in [1.165, 1.54) is 6.07 Å². The predicted molar refractivity (Wildman–Crippen MR) is 48.5 cm³/mol. The van der Waals surface area contributed by atoms with Crippen LogP contribution in [0.2, 0.25) is 5.02 Å². The molecule has 2 rings (SSSR count). The highest BCUT2D eigenvalue weighted by atomic mass is 35.5. The van der Waals surface area contributed by atoms with Crippen LogP contribution >= 0.6 is 11.6 Å². The van der Waals surface area contributed by atoms with Gasteiger partial charge in [0.1, 0.15) is 5.82 Å². The number of hydrogen-bond donors (Lipinski definition) is 1. The van der Waals surface area contributed by atoms with Crippen LogP contribution in [0.5, 0.6) is 0 Å². The zero-order valence-corrected chi connectivity index (χ0v) is 7.49. The zero-order chi connectivity index (χ0) is 9.59. The molecule has 0 atom stereocenters. The van der Waals surface area contributed by atoms with Crippen LogP contribution in [0.25, 0.3) is 0 Å². The third kappa shape index (κ3) is 1.11. The molecule has 0 radical (unpaired) electrons. The number of carbonyl (C=O) groups excluding carboxylic acids is 1. The van der Waals surface area contributed by atoms with Crippen LogP contribution in [-0.2, 0) is 6.42 Å². The predicted octanol–water partition coefficient (Wildman–Crippen LogP) is 2.19. The largest absolute Gasteiger partial charge is 0.395 e. The number of benzene rings is 1. The molecule has 2 nitrogen and oxygen atoms in total. The van der Waals surface area contributed by atoms with E-state index in [0.717, 1.165) is 0 Å². The second kappa shape index (κ2) is 2.70. The Labute approximate surface area is 79.5 Å². The third-order valence-electron chi connectivity index (χ3n) is 2.24. The second-order valence-corrected chi connectivity index (χ2v) is 3.42. The molecule has 0 bridgehead atoms. The zero-order valence-electron chi connectivity index (χ0n) is 6.73. The number of carbonyl (C=O) groups is 1. The highest BCUT2D eigenvalue weighted by Crippen LogP contribution is 2.34. The lowest BCUT2D eigenvalue weighted by molar-refractivity contribution is 0.0995. The first-order valence-electron chi connectivity index (χ1n) is 3.91. The van der Waals surface area contributed by atoms with Crippen molar-refractivity contribution in [2.75, 3.05) is 5.73 Å². The monoisotopic (exact) mass is 199 g/mol. The van der Waals surface area contributed by atoms with E-state index in [0.29, 0.717) is 24.0 Å². The molecule has 0 saturated heterocycles. The molecule has 1 aliphatic rings. The number of halogens is 2. The fourth-order valence-electron chi connectivity index (χ4n) is 1.56. The van der Waals surface area contributed by atoms with E-state index in [-0.39, 0.29) is 16.5 Å². The van der Waals surface area contributed by atoms with Crippen LogP contribution in [0.15, 0.2) is 6.07 Å². The summed E-state index contributed by atoms with van der Waals surface area (Å²) in [6, 6.07) is 1.29. The standard InChI is InChI=1S/C9H7ClFNO/c10-8-7-4(1-2-6(7)13)3-5(11)9(8)12/h3H,1-2,12H2. The Morgan fingerprint density at radius 1 is 1.46 bits per heavy atom. The van der Waals surface area contributed by atoms with Gasteiger partial charge in [0.05, 0.1) is 10.7 Å². The number of ketones is 1. The normalized spacial score (nSPS) is 14.8. The van der Waals surface area contributed by atoms with Crippen LogP contribution in [0.1, 0.15) is 22.3 Å². The van der Waals surface area contributed by atoms with E-state index in [1.807, 2.05) is 0 Å². The van der Waals surface area contributed by atoms with Gasteiger partial charge in [0, 0.05) is 12.0 Å². The molecule has 0 spiro atoms. The van der Waals surface area contributed by atoms with Crippen molar-refractivity contribution < 1.29 is 9.18 Å². The molecular weight excluding hydrogens is 193 g/mol. The molecular formula is C9H7ClFNO. The average Bonchev–Trinajstić information content (AvgIpc) is 2.43. The number of nitrogens with two attached hydrogens (primary N) is 1. The maximum atomic E-state index is 13.0. The molecule has 0 saturated carbocycles. The van der Waals surface area contributed by atoms with Crippen molar-refractivity contribution in [2.24, 2.45) is 0 Å². The number of fused-ring (bicyclic) bond motifs is 1. The SMILES string of the molecule is Nc1c(F)cc2c(c1Cl)C(=O)CC2. The summed E-state index contributed by atoms with van der Waals surface area (Å²) in [5, 5.41) is 0.0671. The molecule has 0 unspecified atom stereocenters. The second-order valence-electron chi connectivity index (χ2n) is 3.04. The highest BCUT2D eigenvalue weighted by Gasteiger charge is 2.25. The molecule has 2 N–H and O–H groups in total. The van der Waals surface area contributed by atoms with Gasteiger partial charge in [-0.05, 0) is 18.1 Å². The van der Waals surface area contributed by atoms with E-state index in [2.05, 4.69) is 0 Å². The molecule has 1 aromatic rings. The van der Waals surface area contributed by atoms with Gasteiger partial charge in [0.25, 0.3) is 0 Å². The van der Waals surface area contributed by atoms with Crippen molar-refractivity contribution in [3.63, 3.8) is 0 Å². The Bertz CT molecular complexity index is 403. The summed E-state index contributed by atoms with van der Waals surface area (Å²) in [6.45, 7) is 0. The quantitative estimate of drug-likeness (QED) is 0.651. The number of anilines is 1. The van der Waals surface area contributed by atoms with E-state index in [1.54, 1.807) is 0 Å². The molecule has 1 aliphatic carbocycles. The van der Waals surface area contributed by atoms with Gasteiger partial charge in [-0.25, -0.2) is 4.39 Å². The number of hydrogen-bond acceptors (Lipinski definition) is 2. The van der Waals surface area contributed by atoms with E-state index in [4.69, 9.17) is 17.3 Å². The van der Waals surface area contributed by atoms with Gasteiger partial charge in [0.15, 0.2) is 5.78 Å². The molecule has 4 heteroatoms. The first kappa shape index (κ1) is 8.51. The molecule has 0 aromatic heterocycles. The van der Waals surface area contributed by atoms with Crippen molar-refractivity contribution in [3.05, 3.63) is 28.0 Å². The Hall–Kier alpha value is -1.09. The lowest BCUT2D eigenvalue weighted by atomic mass is 10.1. The molecule has 0 heterocycles. The van der Waals surface area contributed by atoms with Crippen LogP contribution in [-0.4, -0.2) is 5.78 Å². The van der Waals surface area contributed by atoms with Crippen LogP contribution in [0, 0.1) is 5.82 Å². The smallest absolute Gasteiger partial charge is 0.165 e. The van der Waals surface area contributed by atoms with Gasteiger partial charge in [-0.1, -0.05) is 11.6 Å². The molecule has 1 aromatic carbocycles. The maximum absolute atomic E-state index is 13.0. The minimum atomic E-state index is -0.543. The van der Waals surface area contributed by atoms with Crippen molar-refractivity contribution in [1.29, 1.82) is 0 Å². The van der Waals surface area contributed by atoms with E-state index < -0.39 is 5.82 Å². The Balaban J connectivity index is 2.75. The van der Waals surface area contributed by atoms with Crippen molar-refractivity contribution in [2.45, 2.75) is 12.8 Å². The summed E-state index contributed by atoms with van der Waals surface area (Å²) in [5.41, 5.74) is 6.30. The van der Waals surface area contributed by atoms with Gasteiger partial charge >= 0.3 is 0 Å². The Morgan fingerprint density at radius 3 is 2.85 bits per heavy atom. The minimum absolute atomic E-state index is 0.0494. The lowest BCUT2D eigenvalue weighted by Crippen LogP contribution is -1.99.